The molecule has 0 aliphatic carbocycles. The monoisotopic (exact) mass is 492 g/mol. The number of hydrogen-bond donors (Lipinski definition) is 1. The zero-order valence-corrected chi connectivity index (χ0v) is 21.4. The normalized spacial score (nSPS) is 18.8. The molecule has 2 unspecified atom stereocenters. The average molecular weight is 493 g/mol. The molecule has 3 aromatic rings. The summed E-state index contributed by atoms with van der Waals surface area (Å²) in [5.41, 5.74) is 3.48. The number of ether oxygens (including phenoxy) is 5. The zero-order valence-electron chi connectivity index (χ0n) is 21.4. The lowest BCUT2D eigenvalue weighted by molar-refractivity contribution is 0.0505. The first-order valence-corrected chi connectivity index (χ1v) is 12.4. The van der Waals surface area contributed by atoms with E-state index in [1.54, 1.807) is 26.4 Å². The van der Waals surface area contributed by atoms with E-state index in [0.29, 0.717) is 12.4 Å². The van der Waals surface area contributed by atoms with Gasteiger partial charge in [-0.15, -0.1) is 0 Å². The molecule has 192 valence electrons. The number of fused-ring (bicyclic) bond motifs is 1. The van der Waals surface area contributed by atoms with Crippen LogP contribution in [0.3, 0.4) is 0 Å². The number of aryl methyl sites for hydroxylation is 1. The number of benzene rings is 3. The molecule has 2 atom stereocenters. The second kappa shape index (κ2) is 12.2. The molecule has 1 heterocycles. The first kappa shape index (κ1) is 25.9. The molecule has 1 aliphatic rings. The predicted octanol–water partition coefficient (Wildman–Crippen LogP) is 6.20. The van der Waals surface area contributed by atoms with Gasteiger partial charge in [-0.2, -0.15) is 0 Å². The van der Waals surface area contributed by atoms with Crippen molar-refractivity contribution in [1.82, 2.24) is 0 Å². The highest BCUT2D eigenvalue weighted by Crippen LogP contribution is 2.50. The topological polar surface area (TPSA) is 66.4 Å². The smallest absolute Gasteiger partial charge is 0.188 e. The lowest BCUT2D eigenvalue weighted by atomic mass is 9.66. The summed E-state index contributed by atoms with van der Waals surface area (Å²) < 4.78 is 27.6. The van der Waals surface area contributed by atoms with Gasteiger partial charge in [-0.1, -0.05) is 43.7 Å². The third kappa shape index (κ3) is 6.12. The summed E-state index contributed by atoms with van der Waals surface area (Å²) in [4.78, 5) is 0. The minimum Gasteiger partial charge on any atom is -0.508 e. The van der Waals surface area contributed by atoms with E-state index in [1.807, 2.05) is 36.4 Å². The van der Waals surface area contributed by atoms with Crippen LogP contribution in [0.15, 0.2) is 66.7 Å². The number of rotatable bonds is 12. The van der Waals surface area contributed by atoms with Gasteiger partial charge in [-0.05, 0) is 66.3 Å². The van der Waals surface area contributed by atoms with Gasteiger partial charge in [0.1, 0.15) is 23.0 Å². The summed E-state index contributed by atoms with van der Waals surface area (Å²) in [6.07, 6.45) is 4.18. The van der Waals surface area contributed by atoms with E-state index in [4.69, 9.17) is 23.7 Å². The van der Waals surface area contributed by atoms with Crippen LogP contribution >= 0.6 is 0 Å². The Morgan fingerprint density at radius 2 is 1.53 bits per heavy atom. The summed E-state index contributed by atoms with van der Waals surface area (Å²) in [6, 6.07) is 21.9. The van der Waals surface area contributed by atoms with E-state index in [1.165, 1.54) is 16.7 Å². The first-order valence-electron chi connectivity index (χ1n) is 12.4. The number of phenolic OH excluding ortho intramolecular Hbond substituents is 1. The number of phenols is 1. The van der Waals surface area contributed by atoms with Crippen molar-refractivity contribution in [2.45, 2.75) is 43.9 Å². The molecule has 6 heteroatoms. The van der Waals surface area contributed by atoms with Crippen LogP contribution in [0.5, 0.6) is 23.0 Å². The lowest BCUT2D eigenvalue weighted by Crippen LogP contribution is -2.40. The maximum absolute atomic E-state index is 9.54. The average Bonchev–Trinajstić information content (AvgIpc) is 2.91. The molecule has 36 heavy (non-hydrogen) atoms. The van der Waals surface area contributed by atoms with Crippen LogP contribution in [0.25, 0.3) is 0 Å². The van der Waals surface area contributed by atoms with Crippen LogP contribution in [-0.4, -0.2) is 39.5 Å². The Morgan fingerprint density at radius 1 is 0.861 bits per heavy atom. The van der Waals surface area contributed by atoms with Crippen LogP contribution in [0.1, 0.15) is 48.8 Å². The summed E-state index contributed by atoms with van der Waals surface area (Å²) in [6.45, 7) is 3.30. The second-order valence-electron chi connectivity index (χ2n) is 9.50. The van der Waals surface area contributed by atoms with Crippen LogP contribution in [0.4, 0.5) is 0 Å². The molecule has 1 N–H and O–H groups in total. The Labute approximate surface area is 213 Å². The molecular weight excluding hydrogens is 456 g/mol. The van der Waals surface area contributed by atoms with E-state index in [0.717, 1.165) is 42.9 Å². The molecule has 6 nitrogen and oxygen atoms in total. The van der Waals surface area contributed by atoms with Gasteiger partial charge in [0.05, 0.1) is 6.61 Å². The van der Waals surface area contributed by atoms with E-state index in [2.05, 4.69) is 25.1 Å². The van der Waals surface area contributed by atoms with Gasteiger partial charge in [0.2, 0.25) is 0 Å². The van der Waals surface area contributed by atoms with Crippen molar-refractivity contribution in [3.05, 3.63) is 83.4 Å². The fraction of sp³-hybridized carbons (Fsp3) is 0.400. The van der Waals surface area contributed by atoms with E-state index >= 15 is 0 Å². The first-order chi connectivity index (χ1) is 17.5. The van der Waals surface area contributed by atoms with Crippen molar-refractivity contribution in [2.24, 2.45) is 0 Å². The predicted molar refractivity (Wildman–Crippen MR) is 139 cm³/mol. The van der Waals surface area contributed by atoms with Gasteiger partial charge in [-0.3, -0.25) is 0 Å². The number of aromatic hydroxyl groups is 1. The zero-order chi connectivity index (χ0) is 25.4. The Morgan fingerprint density at radius 3 is 2.22 bits per heavy atom. The molecule has 0 amide bonds. The van der Waals surface area contributed by atoms with Crippen LogP contribution in [-0.2, 0) is 21.3 Å². The summed E-state index contributed by atoms with van der Waals surface area (Å²) in [5, 5.41) is 9.54. The molecule has 0 saturated carbocycles. The van der Waals surface area contributed by atoms with Crippen LogP contribution in [0.2, 0.25) is 0 Å². The Bertz CT molecular complexity index is 1100. The Balaban J connectivity index is 1.54. The standard InChI is InChI=1S/C30H36O6/c1-30(23-10-14-25(15-11-23)35-20-32-2)19-34-29-18-26(36-21-33-3)16-17-27(29)28(30)7-5-4-6-22-8-12-24(31)13-9-22/h8-18,28,31H,4-7,19-21H2,1-3H3. The SMILES string of the molecule is COCOc1ccc(C2(C)COc3cc(OCOC)ccc3C2CCCCc2ccc(O)cc2)cc1. The van der Waals surface area contributed by atoms with Gasteiger partial charge >= 0.3 is 0 Å². The molecule has 3 aromatic carbocycles. The third-order valence-corrected chi connectivity index (χ3v) is 7.00. The summed E-state index contributed by atoms with van der Waals surface area (Å²) in [5.74, 6) is 2.99. The minimum atomic E-state index is -0.194. The largest absolute Gasteiger partial charge is 0.508 e. The van der Waals surface area contributed by atoms with Crippen molar-refractivity contribution in [2.75, 3.05) is 34.4 Å². The maximum atomic E-state index is 9.54. The van der Waals surface area contributed by atoms with Crippen LogP contribution in [0, 0.1) is 0 Å². The molecule has 0 bridgehead atoms. The quantitative estimate of drug-likeness (QED) is 0.240. The fourth-order valence-electron chi connectivity index (χ4n) is 4.97. The van der Waals surface area contributed by atoms with Crippen molar-refractivity contribution in [3.63, 3.8) is 0 Å². The van der Waals surface area contributed by atoms with Gasteiger partial charge < -0.3 is 28.8 Å². The molecule has 1 aliphatic heterocycles. The Kier molecular flexibility index (Phi) is 8.73. The lowest BCUT2D eigenvalue weighted by Gasteiger charge is -2.43. The number of hydrogen-bond acceptors (Lipinski definition) is 6. The minimum absolute atomic E-state index is 0.194. The molecule has 0 radical (unpaired) electrons. The van der Waals surface area contributed by atoms with Crippen LogP contribution < -0.4 is 14.2 Å². The number of methoxy groups -OCH3 is 2. The molecule has 0 aromatic heterocycles. The third-order valence-electron chi connectivity index (χ3n) is 7.00. The summed E-state index contributed by atoms with van der Waals surface area (Å²) in [7, 11) is 3.23. The molecule has 0 spiro atoms. The van der Waals surface area contributed by atoms with Gasteiger partial charge in [0.15, 0.2) is 13.6 Å². The van der Waals surface area contributed by atoms with E-state index < -0.39 is 0 Å². The van der Waals surface area contributed by atoms with Crippen molar-refractivity contribution in [3.8, 4) is 23.0 Å². The number of unbranched alkanes of at least 4 members (excludes halogenated alkanes) is 1. The highest BCUT2D eigenvalue weighted by atomic mass is 16.7. The highest BCUT2D eigenvalue weighted by molar-refractivity contribution is 5.48. The van der Waals surface area contributed by atoms with Gasteiger partial charge in [0, 0.05) is 31.6 Å². The highest BCUT2D eigenvalue weighted by Gasteiger charge is 2.42. The van der Waals surface area contributed by atoms with E-state index in [-0.39, 0.29) is 24.9 Å². The van der Waals surface area contributed by atoms with Crippen molar-refractivity contribution in [1.29, 1.82) is 0 Å². The molecule has 0 saturated heterocycles. The van der Waals surface area contributed by atoms with Gasteiger partial charge in [0.25, 0.3) is 0 Å². The second-order valence-corrected chi connectivity index (χ2v) is 9.50. The fourth-order valence-corrected chi connectivity index (χ4v) is 4.97. The molecule has 0 fully saturated rings. The van der Waals surface area contributed by atoms with Crippen molar-refractivity contribution < 1.29 is 28.8 Å². The Hall–Kier alpha value is -3.22. The molecule has 4 rings (SSSR count). The summed E-state index contributed by atoms with van der Waals surface area (Å²) >= 11 is 0. The van der Waals surface area contributed by atoms with Gasteiger partial charge in [-0.25, -0.2) is 0 Å². The molecular formula is C30H36O6. The maximum Gasteiger partial charge on any atom is 0.188 e. The van der Waals surface area contributed by atoms with Crippen molar-refractivity contribution >= 4 is 0 Å². The van der Waals surface area contributed by atoms with E-state index in [9.17, 15) is 5.11 Å².